The zero-order valence-corrected chi connectivity index (χ0v) is 20.2. The van der Waals surface area contributed by atoms with Gasteiger partial charge < -0.3 is 20.1 Å². The molecule has 7 nitrogen and oxygen atoms in total. The van der Waals surface area contributed by atoms with Gasteiger partial charge in [0.1, 0.15) is 22.6 Å². The lowest BCUT2D eigenvalue weighted by Crippen LogP contribution is -2.51. The van der Waals surface area contributed by atoms with Crippen molar-refractivity contribution >= 4 is 23.3 Å². The summed E-state index contributed by atoms with van der Waals surface area (Å²) in [5.41, 5.74) is 6.49. The molecule has 0 saturated carbocycles. The van der Waals surface area contributed by atoms with Gasteiger partial charge in [-0.25, -0.2) is 9.18 Å². The molecule has 0 aromatic heterocycles. The quantitative estimate of drug-likeness (QED) is 0.637. The predicted molar refractivity (Wildman–Crippen MR) is 130 cm³/mol. The first-order valence-electron chi connectivity index (χ1n) is 12.1. The van der Waals surface area contributed by atoms with E-state index in [0.29, 0.717) is 24.2 Å². The molecule has 2 aromatic carbocycles. The van der Waals surface area contributed by atoms with Crippen molar-refractivity contribution in [2.45, 2.75) is 44.4 Å². The minimum atomic E-state index is -1.75. The molecule has 2 atom stereocenters. The molecule has 0 fully saturated rings. The van der Waals surface area contributed by atoms with Gasteiger partial charge in [0.2, 0.25) is 11.8 Å². The number of esters is 1. The largest absolute Gasteiger partial charge is 0.462 e. The number of benzene rings is 2. The molecular formula is C28H27FN2O5. The predicted octanol–water partition coefficient (Wildman–Crippen LogP) is 3.98. The summed E-state index contributed by atoms with van der Waals surface area (Å²) in [4.78, 5) is 43.1. The average Bonchev–Trinajstić information content (AvgIpc) is 3.08. The molecule has 2 heterocycles. The number of fused-ring (bicyclic) bond motifs is 3. The third-order valence-corrected chi connectivity index (χ3v) is 7.08. The van der Waals surface area contributed by atoms with Crippen LogP contribution in [-0.2, 0) is 29.3 Å². The number of nitrogens with two attached hydrogens (primary N) is 1. The van der Waals surface area contributed by atoms with E-state index in [-0.39, 0.29) is 59.8 Å². The van der Waals surface area contributed by atoms with Crippen LogP contribution in [0, 0.1) is 5.82 Å². The highest BCUT2D eigenvalue weighted by Gasteiger charge is 2.64. The van der Waals surface area contributed by atoms with Crippen LogP contribution < -0.4 is 10.6 Å². The Morgan fingerprint density at radius 3 is 2.56 bits per heavy atom. The van der Waals surface area contributed by atoms with Crippen LogP contribution >= 0.6 is 0 Å². The van der Waals surface area contributed by atoms with Crippen molar-refractivity contribution in [1.29, 1.82) is 0 Å². The standard InChI is InChI=1S/C28H27FN2O5/c1-3-13-31-20-8-6-5-7-19(20)28(27(31)34)23-21(32)14-17(16-9-11-18(29)12-10-16)15-22(23)36-25(30)24(28)26(33)35-4-2/h5-12,17H,3-4,13-15,30H2,1-2H3/t17-,28-/m1/s1. The van der Waals surface area contributed by atoms with Gasteiger partial charge in [-0.2, -0.15) is 0 Å². The van der Waals surface area contributed by atoms with Gasteiger partial charge in [-0.05, 0) is 43.0 Å². The van der Waals surface area contributed by atoms with Crippen molar-refractivity contribution < 1.29 is 28.2 Å². The summed E-state index contributed by atoms with van der Waals surface area (Å²) in [6, 6.07) is 13.1. The van der Waals surface area contributed by atoms with Gasteiger partial charge in [0.05, 0.1) is 12.2 Å². The average molecular weight is 491 g/mol. The number of Topliss-reactive ketones (excluding diaryl/α,β-unsaturated/α-hetero) is 1. The molecule has 1 aliphatic carbocycles. The Bertz CT molecular complexity index is 1330. The third kappa shape index (κ3) is 3.35. The Morgan fingerprint density at radius 1 is 1.14 bits per heavy atom. The molecular weight excluding hydrogens is 463 g/mol. The first-order valence-corrected chi connectivity index (χ1v) is 12.1. The van der Waals surface area contributed by atoms with Gasteiger partial charge >= 0.3 is 5.97 Å². The highest BCUT2D eigenvalue weighted by atomic mass is 19.1. The van der Waals surface area contributed by atoms with E-state index in [4.69, 9.17) is 15.2 Å². The van der Waals surface area contributed by atoms with E-state index in [2.05, 4.69) is 0 Å². The van der Waals surface area contributed by atoms with E-state index in [9.17, 15) is 18.8 Å². The SMILES string of the molecule is CCCN1C(=O)[C@]2(C(C(=O)OCC)=C(N)OC3=C2C(=O)C[C@@H](c2ccc(F)cc2)C3)c2ccccc21. The van der Waals surface area contributed by atoms with Gasteiger partial charge in [0, 0.05) is 30.6 Å². The normalized spacial score (nSPS) is 23.1. The maximum atomic E-state index is 14.3. The first kappa shape index (κ1) is 23.8. The molecule has 2 aromatic rings. The number of hydrogen-bond acceptors (Lipinski definition) is 6. The van der Waals surface area contributed by atoms with E-state index in [1.54, 1.807) is 42.2 Å². The Morgan fingerprint density at radius 2 is 1.86 bits per heavy atom. The zero-order chi connectivity index (χ0) is 25.6. The highest BCUT2D eigenvalue weighted by Crippen LogP contribution is 2.57. The molecule has 0 radical (unpaired) electrons. The highest BCUT2D eigenvalue weighted by molar-refractivity contribution is 6.23. The number of allylic oxidation sites excluding steroid dienone is 1. The van der Waals surface area contributed by atoms with Gasteiger partial charge in [0.25, 0.3) is 0 Å². The number of hydrogen-bond donors (Lipinski definition) is 1. The Labute approximate surface area is 208 Å². The van der Waals surface area contributed by atoms with Crippen molar-refractivity contribution in [3.05, 3.63) is 88.3 Å². The van der Waals surface area contributed by atoms with Crippen LogP contribution in [0.25, 0.3) is 0 Å². The molecule has 1 amide bonds. The lowest BCUT2D eigenvalue weighted by molar-refractivity contribution is -0.141. The van der Waals surface area contributed by atoms with E-state index >= 15 is 0 Å². The summed E-state index contributed by atoms with van der Waals surface area (Å²) in [6.07, 6.45) is 1.02. The van der Waals surface area contributed by atoms with Crippen molar-refractivity contribution in [2.24, 2.45) is 5.73 Å². The van der Waals surface area contributed by atoms with Gasteiger partial charge in [0.15, 0.2) is 5.78 Å². The maximum absolute atomic E-state index is 14.3. The number of ether oxygens (including phenoxy) is 2. The number of anilines is 1. The van der Waals surface area contributed by atoms with Crippen molar-refractivity contribution in [1.82, 2.24) is 0 Å². The fourth-order valence-electron chi connectivity index (χ4n) is 5.69. The van der Waals surface area contributed by atoms with Crippen LogP contribution in [0.3, 0.4) is 0 Å². The number of ketones is 1. The smallest absolute Gasteiger partial charge is 0.341 e. The number of carbonyl (C=O) groups excluding carboxylic acids is 3. The number of nitrogens with zero attached hydrogens (tertiary/aromatic N) is 1. The van der Waals surface area contributed by atoms with E-state index in [1.807, 2.05) is 13.0 Å². The number of para-hydroxylation sites is 1. The van der Waals surface area contributed by atoms with E-state index < -0.39 is 17.3 Å². The van der Waals surface area contributed by atoms with Crippen molar-refractivity contribution in [2.75, 3.05) is 18.1 Å². The summed E-state index contributed by atoms with van der Waals surface area (Å²) in [7, 11) is 0. The fraction of sp³-hybridized carbons (Fsp3) is 0.321. The zero-order valence-electron chi connectivity index (χ0n) is 20.2. The van der Waals surface area contributed by atoms with Crippen molar-refractivity contribution in [3.63, 3.8) is 0 Å². The van der Waals surface area contributed by atoms with Gasteiger partial charge in [-0.15, -0.1) is 0 Å². The summed E-state index contributed by atoms with van der Waals surface area (Å²) >= 11 is 0. The van der Waals surface area contributed by atoms with Crippen LogP contribution in [0.4, 0.5) is 10.1 Å². The molecule has 186 valence electrons. The second-order valence-corrected chi connectivity index (χ2v) is 9.16. The molecule has 3 aliphatic rings. The number of rotatable bonds is 5. The maximum Gasteiger partial charge on any atom is 0.341 e. The summed E-state index contributed by atoms with van der Waals surface area (Å²) in [5, 5.41) is 0. The van der Waals surface area contributed by atoms with Crippen LogP contribution in [-0.4, -0.2) is 30.8 Å². The number of amides is 1. The fourth-order valence-corrected chi connectivity index (χ4v) is 5.69. The molecule has 0 unspecified atom stereocenters. The lowest BCUT2D eigenvalue weighted by Gasteiger charge is -2.40. The Kier molecular flexibility index (Phi) is 5.90. The summed E-state index contributed by atoms with van der Waals surface area (Å²) in [6.45, 7) is 4.07. The van der Waals surface area contributed by atoms with Crippen LogP contribution in [0.5, 0.6) is 0 Å². The topological polar surface area (TPSA) is 98.9 Å². The van der Waals surface area contributed by atoms with E-state index in [0.717, 1.165) is 5.56 Å². The molecule has 2 aliphatic heterocycles. The first-order chi connectivity index (χ1) is 17.3. The molecule has 1 spiro atoms. The molecule has 8 heteroatoms. The molecule has 36 heavy (non-hydrogen) atoms. The number of halogens is 1. The molecule has 0 bridgehead atoms. The van der Waals surface area contributed by atoms with Crippen LogP contribution in [0.1, 0.15) is 50.2 Å². The second-order valence-electron chi connectivity index (χ2n) is 9.16. The lowest BCUT2D eigenvalue weighted by atomic mass is 9.63. The van der Waals surface area contributed by atoms with Crippen LogP contribution in [0.15, 0.2) is 71.3 Å². The summed E-state index contributed by atoms with van der Waals surface area (Å²) in [5.74, 6) is -2.18. The van der Waals surface area contributed by atoms with E-state index in [1.165, 1.54) is 12.1 Å². The second kappa shape index (κ2) is 8.93. The molecule has 2 N–H and O–H groups in total. The number of carbonyl (C=O) groups is 3. The van der Waals surface area contributed by atoms with Gasteiger partial charge in [-0.1, -0.05) is 37.3 Å². The Balaban J connectivity index is 1.74. The minimum absolute atomic E-state index is 0.0622. The summed E-state index contributed by atoms with van der Waals surface area (Å²) < 4.78 is 24.8. The molecule has 5 rings (SSSR count). The van der Waals surface area contributed by atoms with Crippen molar-refractivity contribution in [3.8, 4) is 0 Å². The molecule has 0 saturated heterocycles. The minimum Gasteiger partial charge on any atom is -0.462 e. The Hall–Kier alpha value is -3.94. The third-order valence-electron chi connectivity index (χ3n) is 7.08. The monoisotopic (exact) mass is 490 g/mol. The van der Waals surface area contributed by atoms with Crippen LogP contribution in [0.2, 0.25) is 0 Å². The van der Waals surface area contributed by atoms with Gasteiger partial charge in [-0.3, -0.25) is 9.59 Å².